The summed E-state index contributed by atoms with van der Waals surface area (Å²) in [6, 6.07) is 5.48. The van der Waals surface area contributed by atoms with Gasteiger partial charge in [-0.05, 0) is 25.0 Å². The summed E-state index contributed by atoms with van der Waals surface area (Å²) >= 11 is 0. The quantitative estimate of drug-likeness (QED) is 0.267. The first kappa shape index (κ1) is 19.8. The summed E-state index contributed by atoms with van der Waals surface area (Å²) in [6.45, 7) is 3.71. The van der Waals surface area contributed by atoms with Crippen molar-refractivity contribution >= 4 is 12.2 Å². The van der Waals surface area contributed by atoms with Gasteiger partial charge in [0.25, 0.3) is 0 Å². The fraction of sp³-hybridized carbons (Fsp3) is 0.556. The molecule has 0 bridgehead atoms. The first-order valence-electron chi connectivity index (χ1n) is 8.15. The van der Waals surface area contributed by atoms with Gasteiger partial charge >= 0.3 is 5.97 Å². The molecule has 0 fully saturated rings. The molecule has 1 unspecified atom stereocenters. The molecule has 0 saturated heterocycles. The van der Waals surface area contributed by atoms with Crippen LogP contribution in [0.25, 0.3) is 0 Å². The summed E-state index contributed by atoms with van der Waals surface area (Å²) in [7, 11) is 3.17. The summed E-state index contributed by atoms with van der Waals surface area (Å²) in [6.07, 6.45) is 5.28. The van der Waals surface area contributed by atoms with Crippen molar-refractivity contribution in [3.63, 3.8) is 0 Å². The predicted octanol–water partition coefficient (Wildman–Crippen LogP) is 3.57. The maximum absolute atomic E-state index is 11.0. The third kappa shape index (κ3) is 6.89. The molecule has 1 aromatic rings. The van der Waals surface area contributed by atoms with Gasteiger partial charge in [-0.2, -0.15) is 0 Å². The Bertz CT molecular complexity index is 508. The van der Waals surface area contributed by atoms with E-state index in [1.807, 2.05) is 18.2 Å². The molecule has 24 heavy (non-hydrogen) atoms. The van der Waals surface area contributed by atoms with Crippen LogP contribution in [0, 0.1) is 0 Å². The van der Waals surface area contributed by atoms with Gasteiger partial charge < -0.3 is 19.0 Å². The number of oxime groups is 1. The maximum atomic E-state index is 11.0. The number of hydrogen-bond acceptors (Lipinski definition) is 6. The highest BCUT2D eigenvalue weighted by atomic mass is 16.7. The number of benzene rings is 1. The van der Waals surface area contributed by atoms with Gasteiger partial charge in [-0.25, -0.2) is 0 Å². The average Bonchev–Trinajstić information content (AvgIpc) is 2.59. The zero-order valence-corrected chi connectivity index (χ0v) is 14.9. The number of nitrogens with zero attached hydrogens (tertiary/aromatic N) is 1. The molecular weight excluding hydrogens is 310 g/mol. The monoisotopic (exact) mass is 337 g/mol. The molecule has 0 heterocycles. The molecule has 1 rings (SSSR count). The highest BCUT2D eigenvalue weighted by molar-refractivity contribution is 5.87. The lowest BCUT2D eigenvalue weighted by Crippen LogP contribution is -2.19. The van der Waals surface area contributed by atoms with Gasteiger partial charge in [0, 0.05) is 6.92 Å². The number of hydrogen-bond donors (Lipinski definition) is 0. The Morgan fingerprint density at radius 2 is 1.88 bits per heavy atom. The SMILES string of the molecule is CCCCCC(COC(C)=O)O/N=C/c1c(OC)cccc1OC. The molecule has 134 valence electrons. The molecule has 0 saturated carbocycles. The van der Waals surface area contributed by atoms with Crippen LogP contribution in [-0.2, 0) is 14.4 Å². The Morgan fingerprint density at radius 1 is 1.21 bits per heavy atom. The van der Waals surface area contributed by atoms with E-state index in [1.165, 1.54) is 6.92 Å². The maximum Gasteiger partial charge on any atom is 0.302 e. The van der Waals surface area contributed by atoms with E-state index in [9.17, 15) is 4.79 Å². The molecule has 1 atom stereocenters. The van der Waals surface area contributed by atoms with E-state index >= 15 is 0 Å². The van der Waals surface area contributed by atoms with Crippen molar-refractivity contribution in [1.29, 1.82) is 0 Å². The summed E-state index contributed by atoms with van der Waals surface area (Å²) in [5.41, 5.74) is 0.697. The van der Waals surface area contributed by atoms with Gasteiger partial charge in [0.05, 0.1) is 26.0 Å². The van der Waals surface area contributed by atoms with Crippen molar-refractivity contribution < 1.29 is 23.8 Å². The molecular formula is C18H27NO5. The number of rotatable bonds is 11. The lowest BCUT2D eigenvalue weighted by Gasteiger charge is -2.15. The van der Waals surface area contributed by atoms with Gasteiger partial charge in [0.1, 0.15) is 18.1 Å². The Kier molecular flexibility index (Phi) is 9.34. The van der Waals surface area contributed by atoms with Crippen LogP contribution in [0.3, 0.4) is 0 Å². The fourth-order valence-electron chi connectivity index (χ4n) is 2.18. The number of carbonyl (C=O) groups excluding carboxylic acids is 1. The topological polar surface area (TPSA) is 66.4 Å². The van der Waals surface area contributed by atoms with Crippen LogP contribution < -0.4 is 9.47 Å². The van der Waals surface area contributed by atoms with E-state index in [4.69, 9.17) is 19.0 Å². The largest absolute Gasteiger partial charge is 0.496 e. The first-order valence-corrected chi connectivity index (χ1v) is 8.15. The Labute approximate surface area is 143 Å². The van der Waals surface area contributed by atoms with Crippen molar-refractivity contribution in [3.8, 4) is 11.5 Å². The molecule has 0 N–H and O–H groups in total. The smallest absolute Gasteiger partial charge is 0.302 e. The lowest BCUT2D eigenvalue weighted by molar-refractivity contribution is -0.145. The van der Waals surface area contributed by atoms with Crippen LogP contribution in [0.1, 0.15) is 45.1 Å². The van der Waals surface area contributed by atoms with Crippen LogP contribution in [-0.4, -0.2) is 39.1 Å². The second-order valence-electron chi connectivity index (χ2n) is 5.34. The number of esters is 1. The number of methoxy groups -OCH3 is 2. The van der Waals surface area contributed by atoms with Gasteiger partial charge in [-0.1, -0.05) is 31.0 Å². The number of unbranched alkanes of at least 4 members (excludes halogenated alkanes) is 2. The van der Waals surface area contributed by atoms with Crippen LogP contribution in [0.2, 0.25) is 0 Å². The minimum absolute atomic E-state index is 0.194. The molecule has 0 aromatic heterocycles. The van der Waals surface area contributed by atoms with E-state index < -0.39 is 0 Å². The van der Waals surface area contributed by atoms with Crippen molar-refractivity contribution in [2.75, 3.05) is 20.8 Å². The molecule has 0 aliphatic carbocycles. The van der Waals surface area contributed by atoms with Crippen LogP contribution in [0.4, 0.5) is 0 Å². The summed E-state index contributed by atoms with van der Waals surface area (Å²) in [5.74, 6) is 0.961. The van der Waals surface area contributed by atoms with E-state index in [0.29, 0.717) is 17.1 Å². The van der Waals surface area contributed by atoms with Gasteiger partial charge in [0.2, 0.25) is 0 Å². The Morgan fingerprint density at radius 3 is 2.42 bits per heavy atom. The minimum atomic E-state index is -0.325. The summed E-state index contributed by atoms with van der Waals surface area (Å²) in [4.78, 5) is 16.5. The van der Waals surface area contributed by atoms with Crippen molar-refractivity contribution in [3.05, 3.63) is 23.8 Å². The molecule has 0 radical (unpaired) electrons. The van der Waals surface area contributed by atoms with Crippen molar-refractivity contribution in [1.82, 2.24) is 0 Å². The summed E-state index contributed by atoms with van der Waals surface area (Å²) in [5, 5.41) is 4.04. The van der Waals surface area contributed by atoms with Gasteiger partial charge in [-0.3, -0.25) is 4.79 Å². The summed E-state index contributed by atoms with van der Waals surface area (Å²) < 4.78 is 15.7. The van der Waals surface area contributed by atoms with Crippen LogP contribution in [0.5, 0.6) is 11.5 Å². The third-order valence-electron chi connectivity index (χ3n) is 3.46. The van der Waals surface area contributed by atoms with E-state index in [2.05, 4.69) is 12.1 Å². The predicted molar refractivity (Wildman–Crippen MR) is 92.8 cm³/mol. The van der Waals surface area contributed by atoms with Crippen molar-refractivity contribution in [2.45, 2.75) is 45.6 Å². The molecule has 0 aliphatic rings. The lowest BCUT2D eigenvalue weighted by atomic mass is 10.1. The Balaban J connectivity index is 2.73. The standard InChI is InChI=1S/C18H27NO5/c1-5-6-7-9-15(13-23-14(2)20)24-19-12-16-17(21-3)10-8-11-18(16)22-4/h8,10-12,15H,5-7,9,13H2,1-4H3/b19-12+. The molecule has 1 aromatic carbocycles. The Hall–Kier alpha value is -2.24. The second kappa shape index (κ2) is 11.3. The normalized spacial score (nSPS) is 12.0. The van der Waals surface area contributed by atoms with Gasteiger partial charge in [-0.15, -0.1) is 0 Å². The molecule has 0 spiro atoms. The second-order valence-corrected chi connectivity index (χ2v) is 5.34. The van der Waals surface area contributed by atoms with Crippen molar-refractivity contribution in [2.24, 2.45) is 5.16 Å². The minimum Gasteiger partial charge on any atom is -0.496 e. The number of ether oxygens (including phenoxy) is 3. The zero-order valence-electron chi connectivity index (χ0n) is 14.9. The van der Waals surface area contributed by atoms with Gasteiger partial charge in [0.15, 0.2) is 6.10 Å². The zero-order chi connectivity index (χ0) is 17.8. The highest BCUT2D eigenvalue weighted by Gasteiger charge is 2.12. The van der Waals surface area contributed by atoms with E-state index in [0.717, 1.165) is 25.7 Å². The third-order valence-corrected chi connectivity index (χ3v) is 3.46. The highest BCUT2D eigenvalue weighted by Crippen LogP contribution is 2.26. The van der Waals surface area contributed by atoms with Crippen LogP contribution in [0.15, 0.2) is 23.4 Å². The van der Waals surface area contributed by atoms with E-state index in [1.54, 1.807) is 20.4 Å². The molecule has 6 nitrogen and oxygen atoms in total. The fourth-order valence-corrected chi connectivity index (χ4v) is 2.18. The average molecular weight is 337 g/mol. The first-order chi connectivity index (χ1) is 11.6. The molecule has 6 heteroatoms. The number of carbonyl (C=O) groups is 1. The van der Waals surface area contributed by atoms with Crippen LogP contribution >= 0.6 is 0 Å². The van der Waals surface area contributed by atoms with E-state index in [-0.39, 0.29) is 18.7 Å². The molecule has 0 aliphatic heterocycles. The molecule has 0 amide bonds.